The maximum absolute atomic E-state index is 12.3. The first kappa shape index (κ1) is 15.3. The lowest BCUT2D eigenvalue weighted by Gasteiger charge is -2.17. The Kier molecular flexibility index (Phi) is 4.47. The van der Waals surface area contributed by atoms with Gasteiger partial charge in [-0.25, -0.2) is 0 Å². The molecular weight excluding hydrogens is 296 g/mol. The summed E-state index contributed by atoms with van der Waals surface area (Å²) in [7, 11) is 0. The molecule has 0 aliphatic carbocycles. The Morgan fingerprint density at radius 1 is 1.48 bits per heavy atom. The van der Waals surface area contributed by atoms with Gasteiger partial charge in [0.25, 0.3) is 0 Å². The van der Waals surface area contributed by atoms with Crippen LogP contribution >= 0.6 is 11.6 Å². The van der Waals surface area contributed by atoms with Gasteiger partial charge in [0.15, 0.2) is 0 Å². The molecule has 0 bridgehead atoms. The minimum absolute atomic E-state index is 0.340. The summed E-state index contributed by atoms with van der Waals surface area (Å²) >= 11 is 5.89. The third-order valence-electron chi connectivity index (χ3n) is 3.37. The highest BCUT2D eigenvalue weighted by molar-refractivity contribution is 6.31. The van der Waals surface area contributed by atoms with Gasteiger partial charge >= 0.3 is 5.97 Å². The molecule has 112 valence electrons. The number of aliphatic carboxylic acids is 1. The number of hydrogen-bond donors (Lipinski definition) is 2. The van der Waals surface area contributed by atoms with E-state index in [0.29, 0.717) is 23.7 Å². The number of halogens is 1. The van der Waals surface area contributed by atoms with E-state index in [9.17, 15) is 14.4 Å². The number of carboxylic acid groups (broad SMARTS) is 1. The maximum atomic E-state index is 12.3. The van der Waals surface area contributed by atoms with Gasteiger partial charge in [-0.3, -0.25) is 14.4 Å². The van der Waals surface area contributed by atoms with Crippen LogP contribution in [0.3, 0.4) is 0 Å². The lowest BCUT2D eigenvalue weighted by Crippen LogP contribution is -2.44. The van der Waals surface area contributed by atoms with Crippen molar-refractivity contribution < 1.29 is 19.5 Å². The highest BCUT2D eigenvalue weighted by atomic mass is 35.5. The largest absolute Gasteiger partial charge is 0.480 e. The quantitative estimate of drug-likeness (QED) is 0.820. The normalized spacial score (nSPS) is 19.4. The van der Waals surface area contributed by atoms with E-state index in [1.165, 1.54) is 11.8 Å². The molecule has 1 aliphatic rings. The van der Waals surface area contributed by atoms with Crippen LogP contribution in [0.1, 0.15) is 13.3 Å². The van der Waals surface area contributed by atoms with Crippen LogP contribution in [-0.2, 0) is 14.4 Å². The number of nitrogens with one attached hydrogen (secondary N) is 1. The van der Waals surface area contributed by atoms with Crippen LogP contribution in [0, 0.1) is 5.92 Å². The summed E-state index contributed by atoms with van der Waals surface area (Å²) in [5.41, 5.74) is 0.633. The second-order valence-corrected chi connectivity index (χ2v) is 5.32. The SMILES string of the molecule is C[C@@H](NC(=O)C1CCN(c2cccc(Cl)c2)C1=O)C(=O)O. The van der Waals surface area contributed by atoms with Gasteiger partial charge in [-0.2, -0.15) is 0 Å². The predicted molar refractivity (Wildman–Crippen MR) is 77.2 cm³/mol. The maximum Gasteiger partial charge on any atom is 0.325 e. The summed E-state index contributed by atoms with van der Waals surface area (Å²) < 4.78 is 0. The Balaban J connectivity index is 2.08. The van der Waals surface area contributed by atoms with E-state index < -0.39 is 23.8 Å². The lowest BCUT2D eigenvalue weighted by atomic mass is 10.1. The number of nitrogens with zero attached hydrogens (tertiary/aromatic N) is 1. The van der Waals surface area contributed by atoms with Crippen molar-refractivity contribution >= 4 is 35.1 Å². The van der Waals surface area contributed by atoms with Crippen molar-refractivity contribution in [3.8, 4) is 0 Å². The fourth-order valence-electron chi connectivity index (χ4n) is 2.20. The Labute approximate surface area is 126 Å². The van der Waals surface area contributed by atoms with Crippen LogP contribution in [-0.4, -0.2) is 35.5 Å². The average molecular weight is 311 g/mol. The van der Waals surface area contributed by atoms with E-state index in [0.717, 1.165) is 0 Å². The minimum atomic E-state index is -1.14. The number of benzene rings is 1. The summed E-state index contributed by atoms with van der Waals surface area (Å²) in [6, 6.07) is 5.80. The minimum Gasteiger partial charge on any atom is -0.480 e. The summed E-state index contributed by atoms with van der Waals surface area (Å²) in [4.78, 5) is 36.5. The average Bonchev–Trinajstić information content (AvgIpc) is 2.80. The molecule has 1 aliphatic heterocycles. The van der Waals surface area contributed by atoms with Crippen molar-refractivity contribution in [2.24, 2.45) is 5.92 Å². The van der Waals surface area contributed by atoms with Gasteiger partial charge in [-0.05, 0) is 31.5 Å². The molecule has 1 unspecified atom stereocenters. The lowest BCUT2D eigenvalue weighted by molar-refractivity contribution is -0.143. The Hall–Kier alpha value is -2.08. The van der Waals surface area contributed by atoms with Crippen LogP contribution in [0.15, 0.2) is 24.3 Å². The fourth-order valence-corrected chi connectivity index (χ4v) is 2.38. The van der Waals surface area contributed by atoms with Gasteiger partial charge < -0.3 is 15.3 Å². The molecule has 7 heteroatoms. The van der Waals surface area contributed by atoms with E-state index in [2.05, 4.69) is 5.32 Å². The molecule has 0 saturated carbocycles. The molecule has 0 aromatic heterocycles. The molecule has 2 N–H and O–H groups in total. The van der Waals surface area contributed by atoms with Gasteiger partial charge in [0.1, 0.15) is 12.0 Å². The van der Waals surface area contributed by atoms with E-state index in [1.807, 2.05) is 0 Å². The molecule has 21 heavy (non-hydrogen) atoms. The number of carbonyl (C=O) groups excluding carboxylic acids is 2. The number of hydrogen-bond acceptors (Lipinski definition) is 3. The molecule has 0 spiro atoms. The number of carboxylic acids is 1. The van der Waals surface area contributed by atoms with E-state index in [4.69, 9.17) is 16.7 Å². The van der Waals surface area contributed by atoms with Crippen LogP contribution in [0.4, 0.5) is 5.69 Å². The Bertz CT molecular complexity index is 590. The zero-order valence-electron chi connectivity index (χ0n) is 11.4. The zero-order valence-corrected chi connectivity index (χ0v) is 12.1. The first-order valence-electron chi connectivity index (χ1n) is 6.50. The highest BCUT2D eigenvalue weighted by Crippen LogP contribution is 2.27. The summed E-state index contributed by atoms with van der Waals surface area (Å²) in [6.07, 6.45) is 0.351. The molecule has 0 radical (unpaired) electrons. The van der Waals surface area contributed by atoms with E-state index in [-0.39, 0.29) is 5.91 Å². The fraction of sp³-hybridized carbons (Fsp3) is 0.357. The van der Waals surface area contributed by atoms with Crippen molar-refractivity contribution in [2.75, 3.05) is 11.4 Å². The van der Waals surface area contributed by atoms with Crippen molar-refractivity contribution in [1.82, 2.24) is 5.32 Å². The second kappa shape index (κ2) is 6.13. The molecule has 1 aromatic rings. The Morgan fingerprint density at radius 2 is 2.19 bits per heavy atom. The predicted octanol–water partition coefficient (Wildman–Crippen LogP) is 1.28. The summed E-state index contributed by atoms with van der Waals surface area (Å²) in [5.74, 6) is -2.89. The number of amides is 2. The monoisotopic (exact) mass is 310 g/mol. The molecular formula is C14H15ClN2O4. The molecule has 1 saturated heterocycles. The smallest absolute Gasteiger partial charge is 0.325 e. The molecule has 1 fully saturated rings. The van der Waals surface area contributed by atoms with Gasteiger partial charge in [-0.1, -0.05) is 17.7 Å². The zero-order chi connectivity index (χ0) is 15.6. The molecule has 1 aromatic carbocycles. The van der Waals surface area contributed by atoms with Crippen LogP contribution in [0.2, 0.25) is 5.02 Å². The Morgan fingerprint density at radius 3 is 2.81 bits per heavy atom. The summed E-state index contributed by atoms with van der Waals surface area (Å²) in [5, 5.41) is 11.6. The van der Waals surface area contributed by atoms with Crippen molar-refractivity contribution in [2.45, 2.75) is 19.4 Å². The molecule has 2 amide bonds. The first-order valence-corrected chi connectivity index (χ1v) is 6.88. The van der Waals surface area contributed by atoms with Gasteiger partial charge in [0, 0.05) is 17.3 Å². The van der Waals surface area contributed by atoms with Gasteiger partial charge in [-0.15, -0.1) is 0 Å². The van der Waals surface area contributed by atoms with Gasteiger partial charge in [0.05, 0.1) is 0 Å². The molecule has 2 rings (SSSR count). The van der Waals surface area contributed by atoms with Gasteiger partial charge in [0.2, 0.25) is 11.8 Å². The van der Waals surface area contributed by atoms with E-state index >= 15 is 0 Å². The standard InChI is InChI=1S/C14H15ClN2O4/c1-8(14(20)21)16-12(18)11-5-6-17(13(11)19)10-4-2-3-9(15)7-10/h2-4,7-8,11H,5-6H2,1H3,(H,16,18)(H,20,21)/t8-,11?/m1/s1. The summed E-state index contributed by atoms with van der Waals surface area (Å²) in [6.45, 7) is 1.76. The second-order valence-electron chi connectivity index (χ2n) is 4.88. The molecule has 6 nitrogen and oxygen atoms in total. The third-order valence-corrected chi connectivity index (χ3v) is 3.61. The number of anilines is 1. The van der Waals surface area contributed by atoms with Crippen LogP contribution < -0.4 is 10.2 Å². The molecule has 2 atom stereocenters. The topological polar surface area (TPSA) is 86.7 Å². The third kappa shape index (κ3) is 3.33. The van der Waals surface area contributed by atoms with Crippen LogP contribution in [0.25, 0.3) is 0 Å². The number of carbonyl (C=O) groups is 3. The first-order chi connectivity index (χ1) is 9.90. The molecule has 1 heterocycles. The highest BCUT2D eigenvalue weighted by Gasteiger charge is 2.38. The number of rotatable bonds is 4. The van der Waals surface area contributed by atoms with Crippen LogP contribution in [0.5, 0.6) is 0 Å². The van der Waals surface area contributed by atoms with Crippen molar-refractivity contribution in [3.05, 3.63) is 29.3 Å². The van der Waals surface area contributed by atoms with Crippen molar-refractivity contribution in [1.29, 1.82) is 0 Å². The van der Waals surface area contributed by atoms with Crippen molar-refractivity contribution in [3.63, 3.8) is 0 Å². The van der Waals surface area contributed by atoms with E-state index in [1.54, 1.807) is 24.3 Å².